The van der Waals surface area contributed by atoms with E-state index in [4.69, 9.17) is 18.9 Å². The fourth-order valence-electron chi connectivity index (χ4n) is 4.77. The molecule has 1 N–H and O–H groups in total. The number of rotatable bonds is 13. The molecule has 0 bridgehead atoms. The zero-order chi connectivity index (χ0) is 27.2. The topological polar surface area (TPSA) is 90.4 Å². The van der Waals surface area contributed by atoms with Crippen LogP contribution in [-0.4, -0.2) is 67.5 Å². The molecule has 39 heavy (non-hydrogen) atoms. The van der Waals surface area contributed by atoms with Gasteiger partial charge in [0.25, 0.3) is 5.91 Å². The highest BCUT2D eigenvalue weighted by atomic mass is 16.5. The van der Waals surface area contributed by atoms with Gasteiger partial charge in [-0.2, -0.15) is 0 Å². The maximum Gasteiger partial charge on any atom is 0.272 e. The average Bonchev–Trinajstić information content (AvgIpc) is 3.78. The summed E-state index contributed by atoms with van der Waals surface area (Å²) in [5.74, 6) is 2.26. The lowest BCUT2D eigenvalue weighted by atomic mass is 9.91. The number of ether oxygens (including phenoxy) is 4. The van der Waals surface area contributed by atoms with Crippen LogP contribution in [0.15, 0.2) is 60.8 Å². The van der Waals surface area contributed by atoms with Gasteiger partial charge in [-0.1, -0.05) is 30.3 Å². The van der Waals surface area contributed by atoms with Crippen LogP contribution < -0.4 is 9.47 Å². The second-order valence-electron chi connectivity index (χ2n) is 10.3. The summed E-state index contributed by atoms with van der Waals surface area (Å²) < 4.78 is 22.1. The normalized spacial score (nSPS) is 16.0. The van der Waals surface area contributed by atoms with Crippen molar-refractivity contribution in [2.45, 2.75) is 44.0 Å². The molecule has 1 aliphatic heterocycles. The molecule has 0 spiro atoms. The predicted molar refractivity (Wildman–Crippen MR) is 146 cm³/mol. The number of aromatic nitrogens is 1. The van der Waals surface area contributed by atoms with Crippen LogP contribution in [0.5, 0.6) is 11.5 Å². The zero-order valence-electron chi connectivity index (χ0n) is 22.5. The lowest BCUT2D eigenvalue weighted by Crippen LogP contribution is -2.48. The lowest BCUT2D eigenvalue weighted by Gasteiger charge is -2.39. The first-order valence-electron chi connectivity index (χ1n) is 13.4. The Labute approximate surface area is 229 Å². The van der Waals surface area contributed by atoms with E-state index in [0.29, 0.717) is 36.9 Å². The minimum absolute atomic E-state index is 0.104. The Kier molecular flexibility index (Phi) is 8.76. The number of hydrogen-bond donors (Lipinski definition) is 1. The molecule has 1 aliphatic carbocycles. The number of carbonyl (C=O) groups excluding carboxylic acids is 1. The molecular weight excluding hydrogens is 496 g/mol. The van der Waals surface area contributed by atoms with E-state index in [1.54, 1.807) is 30.3 Å². The maximum absolute atomic E-state index is 13.0. The van der Waals surface area contributed by atoms with Gasteiger partial charge in [0.1, 0.15) is 18.4 Å². The van der Waals surface area contributed by atoms with E-state index in [2.05, 4.69) is 35.3 Å². The summed E-state index contributed by atoms with van der Waals surface area (Å²) in [6.07, 6.45) is 3.53. The molecule has 5 rings (SSSR count). The largest absolute Gasteiger partial charge is 0.493 e. The molecule has 8 heteroatoms. The Bertz CT molecular complexity index is 1250. The lowest BCUT2D eigenvalue weighted by molar-refractivity contribution is -0.0114. The van der Waals surface area contributed by atoms with Gasteiger partial charge in [-0.25, -0.2) is 0 Å². The van der Waals surface area contributed by atoms with Crippen molar-refractivity contribution in [2.24, 2.45) is 0 Å². The summed E-state index contributed by atoms with van der Waals surface area (Å²) in [5.41, 5.74) is 4.88. The Morgan fingerprint density at radius 3 is 2.41 bits per heavy atom. The highest BCUT2D eigenvalue weighted by Crippen LogP contribution is 2.40. The van der Waals surface area contributed by atoms with Crippen LogP contribution in [-0.2, 0) is 22.7 Å². The minimum Gasteiger partial charge on any atom is -0.493 e. The molecule has 206 valence electrons. The number of benzene rings is 2. The summed E-state index contributed by atoms with van der Waals surface area (Å²) in [7, 11) is 3.17. The molecule has 3 aromatic rings. The van der Waals surface area contributed by atoms with Gasteiger partial charge in [-0.3, -0.25) is 9.78 Å². The van der Waals surface area contributed by atoms with Crippen molar-refractivity contribution in [3.05, 3.63) is 88.7 Å². The fraction of sp³-hybridized carbons (Fsp3) is 0.419. The van der Waals surface area contributed by atoms with Gasteiger partial charge in [0.05, 0.1) is 26.9 Å². The van der Waals surface area contributed by atoms with Gasteiger partial charge in [0.2, 0.25) is 0 Å². The van der Waals surface area contributed by atoms with Crippen LogP contribution in [0.4, 0.5) is 0 Å². The number of aliphatic hydroxyl groups excluding tert-OH is 1. The first-order valence-corrected chi connectivity index (χ1v) is 13.4. The Morgan fingerprint density at radius 2 is 1.69 bits per heavy atom. The van der Waals surface area contributed by atoms with Crippen LogP contribution in [0.2, 0.25) is 0 Å². The third-order valence-electron chi connectivity index (χ3n) is 7.23. The van der Waals surface area contributed by atoms with Crippen LogP contribution in [0.25, 0.3) is 0 Å². The summed E-state index contributed by atoms with van der Waals surface area (Å²) in [6.45, 7) is 2.37. The molecule has 0 radical (unpaired) electrons. The van der Waals surface area contributed by atoms with Crippen molar-refractivity contribution in [3.8, 4) is 11.5 Å². The predicted octanol–water partition coefficient (Wildman–Crippen LogP) is 4.31. The summed E-state index contributed by atoms with van der Waals surface area (Å²) in [5, 5.41) is 9.71. The molecule has 1 atom stereocenters. The van der Waals surface area contributed by atoms with Gasteiger partial charge in [0.15, 0.2) is 11.5 Å². The van der Waals surface area contributed by atoms with E-state index in [1.807, 2.05) is 12.1 Å². The van der Waals surface area contributed by atoms with Gasteiger partial charge in [-0.15, -0.1) is 0 Å². The molecule has 1 saturated carbocycles. The quantitative estimate of drug-likeness (QED) is 0.351. The van der Waals surface area contributed by atoms with Gasteiger partial charge < -0.3 is 29.0 Å². The molecule has 2 heterocycles. The number of methoxy groups -OCH3 is 2. The highest BCUT2D eigenvalue weighted by molar-refractivity contribution is 5.93. The molecule has 1 amide bonds. The first kappa shape index (κ1) is 27.1. The zero-order valence-corrected chi connectivity index (χ0v) is 22.5. The summed E-state index contributed by atoms with van der Waals surface area (Å²) >= 11 is 0. The van der Waals surface area contributed by atoms with Crippen LogP contribution >= 0.6 is 0 Å². The van der Waals surface area contributed by atoms with Crippen molar-refractivity contribution in [1.29, 1.82) is 0 Å². The maximum atomic E-state index is 13.0. The van der Waals surface area contributed by atoms with E-state index < -0.39 is 6.10 Å². The number of nitrogens with zero attached hydrogens (tertiary/aromatic N) is 2. The van der Waals surface area contributed by atoms with E-state index in [-0.39, 0.29) is 31.6 Å². The van der Waals surface area contributed by atoms with E-state index in [1.165, 1.54) is 25.5 Å². The molecule has 1 aromatic heterocycles. The molecular formula is C31H36N2O6. The third kappa shape index (κ3) is 6.95. The van der Waals surface area contributed by atoms with E-state index in [9.17, 15) is 9.90 Å². The second kappa shape index (κ2) is 12.6. The number of amides is 1. The molecule has 1 saturated heterocycles. The summed E-state index contributed by atoms with van der Waals surface area (Å²) in [4.78, 5) is 19.1. The monoisotopic (exact) mass is 532 g/mol. The van der Waals surface area contributed by atoms with Crippen molar-refractivity contribution in [2.75, 3.05) is 40.5 Å². The van der Waals surface area contributed by atoms with Crippen molar-refractivity contribution in [3.63, 3.8) is 0 Å². The molecule has 1 unspecified atom stereocenters. The van der Waals surface area contributed by atoms with Crippen molar-refractivity contribution >= 4 is 5.91 Å². The number of likely N-dealkylation sites (tertiary alicyclic amines) is 1. The Balaban J connectivity index is 1.12. The molecule has 2 aliphatic rings. The number of carbonyl (C=O) groups is 1. The van der Waals surface area contributed by atoms with Crippen molar-refractivity contribution < 1.29 is 28.8 Å². The third-order valence-corrected chi connectivity index (χ3v) is 7.23. The Hall–Kier alpha value is -3.46. The SMILES string of the molecule is COCC(O)COCc1ccnc(C(=O)N2CC(c3ccc(OCc4ccc(C5CC5)cc4)c(OC)c3)C2)c1. The average molecular weight is 533 g/mol. The molecule has 2 fully saturated rings. The van der Waals surface area contributed by atoms with E-state index >= 15 is 0 Å². The number of pyridine rings is 1. The van der Waals surface area contributed by atoms with Crippen LogP contribution in [0, 0.1) is 0 Å². The van der Waals surface area contributed by atoms with Gasteiger partial charge in [-0.05, 0) is 65.3 Å². The Morgan fingerprint density at radius 1 is 0.923 bits per heavy atom. The number of aliphatic hydroxyl groups is 1. The van der Waals surface area contributed by atoms with E-state index in [0.717, 1.165) is 22.6 Å². The standard InChI is InChI=1S/C31H36N2O6/c1-36-19-27(34)20-38-17-22-11-12-32-28(13-22)31(35)33-15-26(16-33)25-9-10-29(30(14-25)37-2)39-18-21-3-5-23(6-4-21)24-7-8-24/h3-6,9-14,24,26-27,34H,7-8,15-20H2,1-2H3. The minimum atomic E-state index is -0.681. The molecule has 8 nitrogen and oxygen atoms in total. The van der Waals surface area contributed by atoms with Gasteiger partial charge >= 0.3 is 0 Å². The summed E-state index contributed by atoms with van der Waals surface area (Å²) in [6, 6.07) is 18.2. The smallest absolute Gasteiger partial charge is 0.272 e. The highest BCUT2D eigenvalue weighted by Gasteiger charge is 2.33. The number of hydrogen-bond acceptors (Lipinski definition) is 7. The second-order valence-corrected chi connectivity index (χ2v) is 10.3. The first-order chi connectivity index (χ1) is 19.0. The molecule has 2 aromatic carbocycles. The van der Waals surface area contributed by atoms with Crippen molar-refractivity contribution in [1.82, 2.24) is 9.88 Å². The van der Waals surface area contributed by atoms with Crippen LogP contribution in [0.1, 0.15) is 57.4 Å². The fourth-order valence-corrected chi connectivity index (χ4v) is 4.77. The van der Waals surface area contributed by atoms with Gasteiger partial charge in [0, 0.05) is 32.3 Å². The van der Waals surface area contributed by atoms with Crippen LogP contribution in [0.3, 0.4) is 0 Å².